The topological polar surface area (TPSA) is 6.48 Å². The normalized spacial score (nSPS) is 24.2. The fourth-order valence-corrected chi connectivity index (χ4v) is 5.18. The molecule has 0 N–H and O–H groups in total. The molecule has 2 saturated heterocycles. The van der Waals surface area contributed by atoms with Crippen LogP contribution in [0, 0.1) is 0 Å². The summed E-state index contributed by atoms with van der Waals surface area (Å²) in [5, 5.41) is 0. The van der Waals surface area contributed by atoms with Gasteiger partial charge in [0.15, 0.2) is 0 Å². The van der Waals surface area contributed by atoms with Crippen LogP contribution in [0.4, 0.5) is 0 Å². The predicted molar refractivity (Wildman–Crippen MR) is 113 cm³/mol. The van der Waals surface area contributed by atoms with E-state index in [1.54, 1.807) is 0 Å². The summed E-state index contributed by atoms with van der Waals surface area (Å²) in [7, 11) is 0. The van der Waals surface area contributed by atoms with E-state index in [0.29, 0.717) is 6.04 Å². The summed E-state index contributed by atoms with van der Waals surface area (Å²) in [6, 6.07) is 11.3. The van der Waals surface area contributed by atoms with E-state index in [-0.39, 0.29) is 0 Å². The van der Waals surface area contributed by atoms with Crippen molar-refractivity contribution in [1.82, 2.24) is 9.80 Å². The molecule has 0 saturated carbocycles. The number of rotatable bonds is 6. The van der Waals surface area contributed by atoms with Crippen LogP contribution in [0.1, 0.15) is 70.9 Å². The molecule has 0 amide bonds. The Bertz CT molecular complexity index is 596. The summed E-state index contributed by atoms with van der Waals surface area (Å²) >= 11 is 7.42. The lowest BCUT2D eigenvalue weighted by atomic mass is 9.86. The quantitative estimate of drug-likeness (QED) is 0.342. The molecular formula is C23H35ClN2. The molecule has 26 heavy (non-hydrogen) atoms. The molecule has 2 aliphatic heterocycles. The van der Waals surface area contributed by atoms with Crippen molar-refractivity contribution in [2.24, 2.45) is 0 Å². The van der Waals surface area contributed by atoms with E-state index in [9.17, 15) is 0 Å². The third kappa shape index (κ3) is 4.18. The van der Waals surface area contributed by atoms with Gasteiger partial charge in [0.05, 0.1) is 6.04 Å². The lowest BCUT2D eigenvalue weighted by molar-refractivity contribution is 0.145. The summed E-state index contributed by atoms with van der Waals surface area (Å²) in [6.45, 7) is 11.4. The van der Waals surface area contributed by atoms with E-state index in [0.717, 1.165) is 19.5 Å². The van der Waals surface area contributed by atoms with Gasteiger partial charge in [-0.3, -0.25) is 9.80 Å². The van der Waals surface area contributed by atoms with Crippen LogP contribution in [-0.2, 0) is 0 Å². The molecule has 2 nitrogen and oxygen atoms in total. The smallest absolute Gasteiger partial charge is 0.117 e. The van der Waals surface area contributed by atoms with Crippen LogP contribution in [0.2, 0.25) is 0 Å². The van der Waals surface area contributed by atoms with Gasteiger partial charge >= 0.3 is 0 Å². The van der Waals surface area contributed by atoms with Crippen molar-refractivity contribution in [3.05, 3.63) is 47.0 Å². The number of nitrogens with zero attached hydrogens (tertiary/aromatic N) is 2. The molecule has 144 valence electrons. The highest BCUT2D eigenvalue weighted by atomic mass is 35.5. The molecule has 1 aromatic carbocycles. The maximum Gasteiger partial charge on any atom is 0.117 e. The SMILES string of the molecule is CC/C(C)=C(/C(c1ccccc1)N1CCCC1)C(C)(Cl)N1CCCCC1. The molecule has 2 atom stereocenters. The molecule has 0 aliphatic carbocycles. The minimum atomic E-state index is -0.413. The molecule has 0 spiro atoms. The van der Waals surface area contributed by atoms with Crippen molar-refractivity contribution in [2.75, 3.05) is 26.2 Å². The van der Waals surface area contributed by atoms with Crippen LogP contribution in [0.3, 0.4) is 0 Å². The first kappa shape index (κ1) is 19.9. The second-order valence-electron chi connectivity index (χ2n) is 8.10. The van der Waals surface area contributed by atoms with E-state index in [1.165, 1.54) is 61.9 Å². The Kier molecular flexibility index (Phi) is 6.82. The summed E-state index contributed by atoms with van der Waals surface area (Å²) in [6.07, 6.45) is 7.52. The molecular weight excluding hydrogens is 340 g/mol. The first-order chi connectivity index (χ1) is 12.6. The Hall–Kier alpha value is -0.830. The van der Waals surface area contributed by atoms with E-state index in [4.69, 9.17) is 11.6 Å². The third-order valence-electron chi connectivity index (χ3n) is 6.33. The summed E-state index contributed by atoms with van der Waals surface area (Å²) < 4.78 is 0. The molecule has 0 bridgehead atoms. The van der Waals surface area contributed by atoms with Crippen molar-refractivity contribution in [1.29, 1.82) is 0 Å². The molecule has 0 aromatic heterocycles. The van der Waals surface area contributed by atoms with Crippen LogP contribution in [0.5, 0.6) is 0 Å². The number of allylic oxidation sites excluding steroid dienone is 1. The zero-order valence-corrected chi connectivity index (χ0v) is 17.6. The number of hydrogen-bond acceptors (Lipinski definition) is 2. The predicted octanol–water partition coefficient (Wildman–Crippen LogP) is 5.99. The van der Waals surface area contributed by atoms with Gasteiger partial charge < -0.3 is 0 Å². The zero-order valence-electron chi connectivity index (χ0n) is 16.8. The van der Waals surface area contributed by atoms with Gasteiger partial charge in [0.1, 0.15) is 5.00 Å². The largest absolute Gasteiger partial charge is 0.293 e. The molecule has 3 heteroatoms. The Morgan fingerprint density at radius 3 is 2.15 bits per heavy atom. The molecule has 2 fully saturated rings. The number of piperidine rings is 1. The van der Waals surface area contributed by atoms with Gasteiger partial charge in [-0.1, -0.05) is 60.9 Å². The number of likely N-dealkylation sites (tertiary alicyclic amines) is 2. The Labute approximate surface area is 165 Å². The average Bonchev–Trinajstić information content (AvgIpc) is 3.21. The molecule has 2 heterocycles. The second-order valence-corrected chi connectivity index (χ2v) is 8.84. The van der Waals surface area contributed by atoms with Gasteiger partial charge in [0.2, 0.25) is 0 Å². The fourth-order valence-electron chi connectivity index (χ4n) is 4.74. The van der Waals surface area contributed by atoms with Gasteiger partial charge in [0, 0.05) is 13.1 Å². The summed E-state index contributed by atoms with van der Waals surface area (Å²) in [5.74, 6) is 0. The van der Waals surface area contributed by atoms with Gasteiger partial charge in [-0.2, -0.15) is 0 Å². The maximum absolute atomic E-state index is 7.42. The van der Waals surface area contributed by atoms with Crippen molar-refractivity contribution in [2.45, 2.75) is 70.3 Å². The standard InChI is InChI=1S/C23H35ClN2/c1-4-19(2)21(23(3,24)26-17-9-6-10-18-26)22(25-15-11-12-16-25)20-13-7-5-8-14-20/h5,7-8,13-14,22H,4,6,9-12,15-18H2,1-3H3/b21-19-. The highest BCUT2D eigenvalue weighted by Crippen LogP contribution is 2.44. The molecule has 0 radical (unpaired) electrons. The van der Waals surface area contributed by atoms with Crippen molar-refractivity contribution in [3.8, 4) is 0 Å². The number of benzene rings is 1. The maximum atomic E-state index is 7.42. The number of halogens is 1. The van der Waals surface area contributed by atoms with Crippen LogP contribution in [-0.4, -0.2) is 41.0 Å². The molecule has 2 unspecified atom stereocenters. The summed E-state index contributed by atoms with van der Waals surface area (Å²) in [5.41, 5.74) is 4.27. The molecule has 2 aliphatic rings. The highest BCUT2D eigenvalue weighted by molar-refractivity contribution is 6.25. The van der Waals surface area contributed by atoms with Crippen LogP contribution >= 0.6 is 11.6 Å². The number of hydrogen-bond donors (Lipinski definition) is 0. The average molecular weight is 375 g/mol. The van der Waals surface area contributed by atoms with Gasteiger partial charge in [-0.15, -0.1) is 0 Å². The lowest BCUT2D eigenvalue weighted by Gasteiger charge is -2.46. The van der Waals surface area contributed by atoms with E-state index >= 15 is 0 Å². The van der Waals surface area contributed by atoms with Crippen LogP contribution in [0.15, 0.2) is 41.5 Å². The van der Waals surface area contributed by atoms with E-state index in [1.807, 2.05) is 0 Å². The van der Waals surface area contributed by atoms with Gasteiger partial charge in [0.25, 0.3) is 0 Å². The van der Waals surface area contributed by atoms with Crippen molar-refractivity contribution < 1.29 is 0 Å². The number of alkyl halides is 1. The monoisotopic (exact) mass is 374 g/mol. The fraction of sp³-hybridized carbons (Fsp3) is 0.652. The zero-order chi connectivity index (χ0) is 18.6. The minimum absolute atomic E-state index is 0.295. The minimum Gasteiger partial charge on any atom is -0.293 e. The van der Waals surface area contributed by atoms with E-state index < -0.39 is 5.00 Å². The first-order valence-electron chi connectivity index (χ1n) is 10.5. The molecule has 1 aromatic rings. The van der Waals surface area contributed by atoms with Crippen molar-refractivity contribution >= 4 is 11.6 Å². The Balaban J connectivity index is 2.06. The lowest BCUT2D eigenvalue weighted by Crippen LogP contribution is -2.49. The van der Waals surface area contributed by atoms with Gasteiger partial charge in [-0.25, -0.2) is 0 Å². The Morgan fingerprint density at radius 1 is 1.00 bits per heavy atom. The second kappa shape index (κ2) is 8.91. The van der Waals surface area contributed by atoms with E-state index in [2.05, 4.69) is 60.9 Å². The van der Waals surface area contributed by atoms with Gasteiger partial charge in [-0.05, 0) is 70.2 Å². The first-order valence-corrected chi connectivity index (χ1v) is 10.9. The molecule has 3 rings (SSSR count). The summed E-state index contributed by atoms with van der Waals surface area (Å²) in [4.78, 5) is 4.77. The van der Waals surface area contributed by atoms with Crippen LogP contribution in [0.25, 0.3) is 0 Å². The third-order valence-corrected chi connectivity index (χ3v) is 6.77. The highest BCUT2D eigenvalue weighted by Gasteiger charge is 2.41. The Morgan fingerprint density at radius 2 is 1.58 bits per heavy atom. The van der Waals surface area contributed by atoms with Crippen LogP contribution < -0.4 is 0 Å². The van der Waals surface area contributed by atoms with Crippen molar-refractivity contribution in [3.63, 3.8) is 0 Å².